The summed E-state index contributed by atoms with van der Waals surface area (Å²) in [6.07, 6.45) is 1.10. The highest BCUT2D eigenvalue weighted by Crippen LogP contribution is 2.19. The van der Waals surface area contributed by atoms with Crippen LogP contribution in [0, 0.1) is 5.92 Å². The van der Waals surface area contributed by atoms with Gasteiger partial charge in [-0.15, -0.1) is 0 Å². The third-order valence-corrected chi connectivity index (χ3v) is 4.55. The molecule has 0 radical (unpaired) electrons. The number of carbonyl (C=O) groups excluding carboxylic acids is 1. The molecule has 1 heterocycles. The van der Waals surface area contributed by atoms with E-state index in [1.54, 1.807) is 0 Å². The van der Waals surface area contributed by atoms with Crippen LogP contribution in [0.4, 0.5) is 0 Å². The van der Waals surface area contributed by atoms with E-state index in [2.05, 4.69) is 25.8 Å². The van der Waals surface area contributed by atoms with Gasteiger partial charge in [0.05, 0.1) is 6.61 Å². The molecule has 1 aromatic carbocycles. The zero-order valence-electron chi connectivity index (χ0n) is 14.5. The molecule has 5 heteroatoms. The molecule has 1 aliphatic heterocycles. The van der Waals surface area contributed by atoms with Crippen LogP contribution in [0.1, 0.15) is 31.9 Å². The van der Waals surface area contributed by atoms with Gasteiger partial charge in [0.1, 0.15) is 11.8 Å². The minimum absolute atomic E-state index is 0.00590. The molecule has 1 amide bonds. The lowest BCUT2D eigenvalue weighted by molar-refractivity contribution is -0.134. The van der Waals surface area contributed by atoms with E-state index in [0.29, 0.717) is 12.5 Å². The van der Waals surface area contributed by atoms with E-state index in [4.69, 9.17) is 10.5 Å². The largest absolute Gasteiger partial charge is 0.493 e. The Bertz CT molecular complexity index is 495. The zero-order chi connectivity index (χ0) is 16.8. The number of likely N-dealkylation sites (N-methyl/N-ethyl adjacent to an activating group) is 1. The summed E-state index contributed by atoms with van der Waals surface area (Å²) in [4.78, 5) is 16.6. The Labute approximate surface area is 139 Å². The number of rotatable bonds is 6. The number of hydrogen-bond acceptors (Lipinski definition) is 4. The normalized spacial score (nSPS) is 18.5. The first kappa shape index (κ1) is 17.8. The summed E-state index contributed by atoms with van der Waals surface area (Å²) >= 11 is 0. The van der Waals surface area contributed by atoms with Crippen molar-refractivity contribution in [3.63, 3.8) is 0 Å². The molecule has 0 aliphatic carbocycles. The van der Waals surface area contributed by atoms with Crippen molar-refractivity contribution < 1.29 is 9.53 Å². The average Bonchev–Trinajstić information content (AvgIpc) is 2.59. The number of benzene rings is 1. The summed E-state index contributed by atoms with van der Waals surface area (Å²) in [6, 6.07) is 6.99. The maximum Gasteiger partial charge on any atom is 0.244 e. The van der Waals surface area contributed by atoms with Crippen LogP contribution in [-0.4, -0.2) is 55.5 Å². The quantitative estimate of drug-likeness (QED) is 0.870. The van der Waals surface area contributed by atoms with E-state index in [9.17, 15) is 4.79 Å². The fourth-order valence-corrected chi connectivity index (χ4v) is 2.49. The molecular formula is C18H29N3O2. The number of ether oxygens (including phenoxy) is 1. The third kappa shape index (κ3) is 4.94. The van der Waals surface area contributed by atoms with Crippen molar-refractivity contribution in [1.29, 1.82) is 0 Å². The molecule has 2 atom stereocenters. The van der Waals surface area contributed by atoms with E-state index in [1.807, 2.05) is 29.2 Å². The summed E-state index contributed by atoms with van der Waals surface area (Å²) in [7, 11) is 2.07. The Morgan fingerprint density at radius 1 is 1.22 bits per heavy atom. The number of hydrogen-bond donors (Lipinski definition) is 1. The van der Waals surface area contributed by atoms with Gasteiger partial charge in [-0.1, -0.05) is 32.4 Å². The van der Waals surface area contributed by atoms with E-state index in [1.165, 1.54) is 0 Å². The maximum atomic E-state index is 12.5. The van der Waals surface area contributed by atoms with Gasteiger partial charge in [0.2, 0.25) is 5.91 Å². The molecule has 1 aromatic rings. The topological polar surface area (TPSA) is 58.8 Å². The Kier molecular flexibility index (Phi) is 6.42. The van der Waals surface area contributed by atoms with Gasteiger partial charge in [-0.05, 0) is 30.7 Å². The molecule has 23 heavy (non-hydrogen) atoms. The Balaban J connectivity index is 1.91. The second-order valence-corrected chi connectivity index (χ2v) is 6.50. The lowest BCUT2D eigenvalue weighted by atomic mass is 10.1. The number of carbonyl (C=O) groups is 1. The van der Waals surface area contributed by atoms with Gasteiger partial charge in [0.25, 0.3) is 0 Å². The fraction of sp³-hybridized carbons (Fsp3) is 0.611. The summed E-state index contributed by atoms with van der Waals surface area (Å²) in [6.45, 7) is 8.33. The lowest BCUT2D eigenvalue weighted by Gasteiger charge is -2.34. The van der Waals surface area contributed by atoms with Crippen molar-refractivity contribution in [2.24, 2.45) is 11.7 Å². The van der Waals surface area contributed by atoms with Crippen LogP contribution >= 0.6 is 0 Å². The Morgan fingerprint density at radius 2 is 1.83 bits per heavy atom. The monoisotopic (exact) mass is 319 g/mol. The van der Waals surface area contributed by atoms with Crippen LogP contribution in [0.3, 0.4) is 0 Å². The Morgan fingerprint density at radius 3 is 2.39 bits per heavy atom. The molecule has 5 nitrogen and oxygen atoms in total. The minimum Gasteiger partial charge on any atom is -0.493 e. The highest BCUT2D eigenvalue weighted by atomic mass is 16.5. The molecule has 1 saturated heterocycles. The van der Waals surface area contributed by atoms with Crippen molar-refractivity contribution in [3.05, 3.63) is 29.8 Å². The fourth-order valence-electron chi connectivity index (χ4n) is 2.49. The van der Waals surface area contributed by atoms with Crippen molar-refractivity contribution in [1.82, 2.24) is 9.80 Å². The molecule has 0 bridgehead atoms. The van der Waals surface area contributed by atoms with Gasteiger partial charge in [-0.25, -0.2) is 0 Å². The van der Waals surface area contributed by atoms with Crippen LogP contribution in [0.15, 0.2) is 24.3 Å². The predicted octanol–water partition coefficient (Wildman–Crippen LogP) is 1.89. The predicted molar refractivity (Wildman–Crippen MR) is 92.4 cm³/mol. The van der Waals surface area contributed by atoms with E-state index in [-0.39, 0.29) is 5.91 Å². The standard InChI is InChI=1S/C18H29N3O2/c1-4-14(2)13-23-16-7-5-15(6-8-16)17(19)18(22)21-11-9-20(3)10-12-21/h5-8,14,17H,4,9-13,19H2,1-3H3/t14-,17+/m0/s1. The first-order valence-electron chi connectivity index (χ1n) is 8.47. The third-order valence-electron chi connectivity index (χ3n) is 4.55. The van der Waals surface area contributed by atoms with Crippen LogP contribution < -0.4 is 10.5 Å². The van der Waals surface area contributed by atoms with E-state index < -0.39 is 6.04 Å². The van der Waals surface area contributed by atoms with Crippen molar-refractivity contribution in [2.75, 3.05) is 39.8 Å². The summed E-state index contributed by atoms with van der Waals surface area (Å²) < 4.78 is 5.74. The van der Waals surface area contributed by atoms with Gasteiger partial charge < -0.3 is 20.3 Å². The smallest absolute Gasteiger partial charge is 0.244 e. The zero-order valence-corrected chi connectivity index (χ0v) is 14.5. The lowest BCUT2D eigenvalue weighted by Crippen LogP contribution is -2.49. The van der Waals surface area contributed by atoms with Crippen LogP contribution in [0.25, 0.3) is 0 Å². The molecule has 1 fully saturated rings. The first-order chi connectivity index (χ1) is 11.0. The summed E-state index contributed by atoms with van der Waals surface area (Å²) in [5.74, 6) is 1.37. The van der Waals surface area contributed by atoms with Crippen molar-refractivity contribution >= 4 is 5.91 Å². The highest BCUT2D eigenvalue weighted by molar-refractivity contribution is 5.83. The number of nitrogens with zero attached hydrogens (tertiary/aromatic N) is 2. The van der Waals surface area contributed by atoms with Gasteiger partial charge in [-0.2, -0.15) is 0 Å². The molecule has 1 aliphatic rings. The second kappa shape index (κ2) is 8.31. The first-order valence-corrected chi connectivity index (χ1v) is 8.47. The second-order valence-electron chi connectivity index (χ2n) is 6.50. The highest BCUT2D eigenvalue weighted by Gasteiger charge is 2.25. The van der Waals surface area contributed by atoms with Gasteiger partial charge in [-0.3, -0.25) is 4.79 Å². The van der Waals surface area contributed by atoms with Gasteiger partial charge >= 0.3 is 0 Å². The molecule has 0 aromatic heterocycles. The van der Waals surface area contributed by atoms with Gasteiger partial charge in [0.15, 0.2) is 0 Å². The molecule has 2 N–H and O–H groups in total. The molecule has 128 valence electrons. The van der Waals surface area contributed by atoms with E-state index in [0.717, 1.165) is 43.9 Å². The van der Waals surface area contributed by atoms with Crippen molar-refractivity contribution in [2.45, 2.75) is 26.3 Å². The Hall–Kier alpha value is -1.59. The average molecular weight is 319 g/mol. The summed E-state index contributed by atoms with van der Waals surface area (Å²) in [5, 5.41) is 0. The molecule has 2 rings (SSSR count). The van der Waals surface area contributed by atoms with Crippen LogP contribution in [0.5, 0.6) is 5.75 Å². The number of nitrogens with two attached hydrogens (primary N) is 1. The number of amides is 1. The SMILES string of the molecule is CC[C@H](C)COc1ccc([C@@H](N)C(=O)N2CCN(C)CC2)cc1. The number of piperazine rings is 1. The van der Waals surface area contributed by atoms with Crippen LogP contribution in [0.2, 0.25) is 0 Å². The molecule has 0 unspecified atom stereocenters. The molecule has 0 spiro atoms. The van der Waals surface area contributed by atoms with Crippen LogP contribution in [-0.2, 0) is 4.79 Å². The van der Waals surface area contributed by atoms with Crippen molar-refractivity contribution in [3.8, 4) is 5.75 Å². The maximum absolute atomic E-state index is 12.5. The summed E-state index contributed by atoms with van der Waals surface area (Å²) in [5.41, 5.74) is 6.99. The van der Waals surface area contributed by atoms with E-state index >= 15 is 0 Å². The molecule has 0 saturated carbocycles. The minimum atomic E-state index is -0.595. The van der Waals surface area contributed by atoms with Gasteiger partial charge in [0, 0.05) is 26.2 Å². The molecular weight excluding hydrogens is 290 g/mol.